The third-order valence-corrected chi connectivity index (χ3v) is 2.76. The lowest BCUT2D eigenvalue weighted by Crippen LogP contribution is -2.23. The molecule has 0 unspecified atom stereocenters. The number of rotatable bonds is 0. The predicted molar refractivity (Wildman–Crippen MR) is 51.7 cm³/mol. The Morgan fingerprint density at radius 1 is 1.43 bits per heavy atom. The number of anilines is 1. The predicted octanol–water partition coefficient (Wildman–Crippen LogP) is 3.15. The Kier molecular flexibility index (Phi) is 2.04. The van der Waals surface area contributed by atoms with Gasteiger partial charge in [0.05, 0.1) is 11.3 Å². The molecule has 2 rings (SSSR count). The van der Waals surface area contributed by atoms with Crippen molar-refractivity contribution >= 4 is 39.1 Å². The van der Waals surface area contributed by atoms with Gasteiger partial charge in [0.2, 0.25) is 0 Å². The zero-order valence-electron chi connectivity index (χ0n) is 6.57. The van der Waals surface area contributed by atoms with E-state index in [0.29, 0.717) is 4.47 Å². The van der Waals surface area contributed by atoms with Crippen molar-refractivity contribution in [3.8, 4) is 0 Å². The van der Waals surface area contributed by atoms with Gasteiger partial charge in [-0.25, -0.2) is 0 Å². The van der Waals surface area contributed by atoms with Crippen LogP contribution in [0.2, 0.25) is 5.02 Å². The molecule has 1 heterocycles. The smallest absolute Gasteiger partial charge is 0.319 e. The molecule has 0 spiro atoms. The van der Waals surface area contributed by atoms with Crippen LogP contribution < -0.4 is 5.32 Å². The largest absolute Gasteiger partial charge is 0.352 e. The van der Waals surface area contributed by atoms with E-state index in [1.807, 2.05) is 0 Å². The van der Waals surface area contributed by atoms with Crippen molar-refractivity contribution in [3.05, 3.63) is 27.2 Å². The van der Waals surface area contributed by atoms with Crippen LogP contribution in [0.5, 0.6) is 0 Å². The molecule has 1 aliphatic rings. The van der Waals surface area contributed by atoms with Gasteiger partial charge >= 0.3 is 5.92 Å². The molecule has 0 saturated heterocycles. The quantitative estimate of drug-likeness (QED) is 0.778. The normalized spacial score (nSPS) is 17.9. The number of alkyl halides is 2. The van der Waals surface area contributed by atoms with Gasteiger partial charge in [0.1, 0.15) is 0 Å². The molecular formula is C8H3BrClF2NO. The van der Waals surface area contributed by atoms with E-state index in [4.69, 9.17) is 11.6 Å². The standard InChI is InChI=1S/C8H3BrClF2NO/c9-5-2-3(10)1-4-6(5)13-7(14)8(4,11)12/h1-2H,(H,13,14). The second-order valence-electron chi connectivity index (χ2n) is 2.84. The van der Waals surface area contributed by atoms with Crippen LogP contribution in [-0.4, -0.2) is 5.91 Å². The van der Waals surface area contributed by atoms with Crippen molar-refractivity contribution in [2.45, 2.75) is 5.92 Å². The highest BCUT2D eigenvalue weighted by Gasteiger charge is 2.49. The maximum Gasteiger partial charge on any atom is 0.352 e. The molecule has 1 N–H and O–H groups in total. The molecule has 1 aliphatic heterocycles. The van der Waals surface area contributed by atoms with Gasteiger partial charge in [-0.2, -0.15) is 8.78 Å². The number of fused-ring (bicyclic) bond motifs is 1. The van der Waals surface area contributed by atoms with E-state index in [2.05, 4.69) is 21.2 Å². The number of benzene rings is 1. The summed E-state index contributed by atoms with van der Waals surface area (Å²) in [5, 5.41) is 2.25. The third-order valence-electron chi connectivity index (χ3n) is 1.92. The lowest BCUT2D eigenvalue weighted by atomic mass is 10.1. The molecular weight excluding hydrogens is 279 g/mol. The minimum absolute atomic E-state index is 0.0874. The van der Waals surface area contributed by atoms with Crippen LogP contribution in [0.1, 0.15) is 5.56 Å². The van der Waals surface area contributed by atoms with Gasteiger partial charge in [0.15, 0.2) is 0 Å². The fourth-order valence-electron chi connectivity index (χ4n) is 1.26. The molecule has 1 aromatic rings. The average Bonchev–Trinajstić information content (AvgIpc) is 2.28. The maximum atomic E-state index is 13.2. The number of carbonyl (C=O) groups excluding carboxylic acids is 1. The van der Waals surface area contributed by atoms with E-state index < -0.39 is 11.8 Å². The van der Waals surface area contributed by atoms with Gasteiger partial charge in [-0.15, -0.1) is 0 Å². The Balaban J connectivity index is 2.71. The molecule has 1 amide bonds. The minimum atomic E-state index is -3.50. The molecule has 0 radical (unpaired) electrons. The van der Waals surface area contributed by atoms with E-state index in [1.165, 1.54) is 6.07 Å². The van der Waals surface area contributed by atoms with Gasteiger partial charge in [-0.3, -0.25) is 4.79 Å². The lowest BCUT2D eigenvalue weighted by Gasteiger charge is -2.06. The van der Waals surface area contributed by atoms with Gasteiger partial charge < -0.3 is 5.32 Å². The first-order valence-corrected chi connectivity index (χ1v) is 4.79. The van der Waals surface area contributed by atoms with Crippen LogP contribution in [0, 0.1) is 0 Å². The first-order valence-electron chi connectivity index (χ1n) is 3.61. The molecule has 0 atom stereocenters. The molecule has 74 valence electrons. The van der Waals surface area contributed by atoms with Crippen molar-refractivity contribution in [2.75, 3.05) is 5.32 Å². The SMILES string of the molecule is O=C1Nc2c(Br)cc(Cl)cc2C1(F)F. The fourth-order valence-corrected chi connectivity index (χ4v) is 2.17. The highest BCUT2D eigenvalue weighted by atomic mass is 79.9. The fraction of sp³-hybridized carbons (Fsp3) is 0.125. The first-order chi connectivity index (χ1) is 6.43. The second-order valence-corrected chi connectivity index (χ2v) is 4.13. The number of amides is 1. The topological polar surface area (TPSA) is 29.1 Å². The monoisotopic (exact) mass is 281 g/mol. The number of carbonyl (C=O) groups is 1. The lowest BCUT2D eigenvalue weighted by molar-refractivity contribution is -0.139. The Labute approximate surface area is 91.4 Å². The molecule has 1 aromatic carbocycles. The molecule has 0 saturated carbocycles. The molecule has 0 fully saturated rings. The summed E-state index contributed by atoms with van der Waals surface area (Å²) in [5.74, 6) is -4.82. The molecule has 0 bridgehead atoms. The van der Waals surface area contributed by atoms with E-state index in [1.54, 1.807) is 0 Å². The highest BCUT2D eigenvalue weighted by molar-refractivity contribution is 9.10. The third kappa shape index (κ3) is 1.23. The van der Waals surface area contributed by atoms with Gasteiger partial charge in [-0.1, -0.05) is 11.6 Å². The van der Waals surface area contributed by atoms with Crippen molar-refractivity contribution in [1.82, 2.24) is 0 Å². The van der Waals surface area contributed by atoms with Crippen molar-refractivity contribution < 1.29 is 13.6 Å². The summed E-state index contributed by atoms with van der Waals surface area (Å²) < 4.78 is 26.8. The summed E-state index contributed by atoms with van der Waals surface area (Å²) in [6.45, 7) is 0. The second kappa shape index (κ2) is 2.90. The van der Waals surface area contributed by atoms with Crippen molar-refractivity contribution in [2.24, 2.45) is 0 Å². The van der Waals surface area contributed by atoms with E-state index in [-0.39, 0.29) is 16.3 Å². The summed E-state index contributed by atoms with van der Waals surface area (Å²) in [4.78, 5) is 10.9. The summed E-state index contributed by atoms with van der Waals surface area (Å²) in [6.07, 6.45) is 0. The number of halogens is 4. The maximum absolute atomic E-state index is 13.2. The van der Waals surface area contributed by atoms with Crippen LogP contribution >= 0.6 is 27.5 Å². The molecule has 0 aromatic heterocycles. The molecule has 14 heavy (non-hydrogen) atoms. The first kappa shape index (κ1) is 9.86. The van der Waals surface area contributed by atoms with E-state index >= 15 is 0 Å². The number of nitrogens with one attached hydrogen (secondary N) is 1. The van der Waals surface area contributed by atoms with Crippen LogP contribution in [0.4, 0.5) is 14.5 Å². The van der Waals surface area contributed by atoms with E-state index in [0.717, 1.165) is 6.07 Å². The van der Waals surface area contributed by atoms with Gasteiger partial charge in [-0.05, 0) is 28.1 Å². The molecule has 0 aliphatic carbocycles. The molecule has 2 nitrogen and oxygen atoms in total. The van der Waals surface area contributed by atoms with Crippen molar-refractivity contribution in [1.29, 1.82) is 0 Å². The summed E-state index contributed by atoms with van der Waals surface area (Å²) >= 11 is 8.65. The van der Waals surface area contributed by atoms with Gasteiger partial charge in [0.25, 0.3) is 5.91 Å². The zero-order chi connectivity index (χ0) is 10.5. The number of hydrogen-bond acceptors (Lipinski definition) is 1. The van der Waals surface area contributed by atoms with Crippen LogP contribution in [-0.2, 0) is 10.7 Å². The zero-order valence-corrected chi connectivity index (χ0v) is 8.92. The number of hydrogen-bond donors (Lipinski definition) is 1. The minimum Gasteiger partial charge on any atom is -0.319 e. The van der Waals surface area contributed by atoms with E-state index in [9.17, 15) is 13.6 Å². The van der Waals surface area contributed by atoms with Crippen LogP contribution in [0.3, 0.4) is 0 Å². The Hall–Kier alpha value is -0.680. The summed E-state index contributed by atoms with van der Waals surface area (Å²) in [7, 11) is 0. The van der Waals surface area contributed by atoms with Crippen LogP contribution in [0.15, 0.2) is 16.6 Å². The summed E-state index contributed by atoms with van der Waals surface area (Å²) in [6, 6.07) is 2.53. The Morgan fingerprint density at radius 3 is 2.71 bits per heavy atom. The van der Waals surface area contributed by atoms with Crippen LogP contribution in [0.25, 0.3) is 0 Å². The summed E-state index contributed by atoms with van der Waals surface area (Å²) in [5.41, 5.74) is -0.300. The van der Waals surface area contributed by atoms with Gasteiger partial charge in [0, 0.05) is 9.50 Å². The Morgan fingerprint density at radius 2 is 2.07 bits per heavy atom. The Bertz CT molecular complexity index is 436. The highest BCUT2D eigenvalue weighted by Crippen LogP contribution is 2.45. The molecule has 6 heteroatoms. The average molecular weight is 282 g/mol. The van der Waals surface area contributed by atoms with Crippen molar-refractivity contribution in [3.63, 3.8) is 0 Å².